The van der Waals surface area contributed by atoms with Crippen LogP contribution in [0.15, 0.2) is 68.6 Å². The van der Waals surface area contributed by atoms with Gasteiger partial charge in [-0.2, -0.15) is 0 Å². The summed E-state index contributed by atoms with van der Waals surface area (Å²) in [5, 5.41) is 0.399. The number of sulfone groups is 1. The first-order valence-corrected chi connectivity index (χ1v) is 14.0. The lowest BCUT2D eigenvalue weighted by atomic mass is 9.93. The van der Waals surface area contributed by atoms with Crippen LogP contribution in [0.3, 0.4) is 0 Å². The van der Waals surface area contributed by atoms with Gasteiger partial charge in [0.25, 0.3) is 0 Å². The molecule has 2 N–H and O–H groups in total. The predicted molar refractivity (Wildman–Crippen MR) is 123 cm³/mol. The molecule has 1 heterocycles. The maximum atomic E-state index is 12.5. The Hall–Kier alpha value is -2.97. The molecule has 1 aliphatic heterocycles. The van der Waals surface area contributed by atoms with Crippen molar-refractivity contribution in [1.29, 1.82) is 0 Å². The quantitative estimate of drug-likeness (QED) is 0.385. The van der Waals surface area contributed by atoms with Crippen LogP contribution in [0.4, 0.5) is 11.4 Å². The lowest BCUT2D eigenvalue weighted by Gasteiger charge is -2.33. The van der Waals surface area contributed by atoms with Gasteiger partial charge in [-0.1, -0.05) is 12.6 Å². The number of benzene rings is 3. The summed E-state index contributed by atoms with van der Waals surface area (Å²) in [6.45, 7) is 4.97. The van der Waals surface area contributed by atoms with Gasteiger partial charge >= 0.3 is 0 Å². The first-order chi connectivity index (χ1) is 15.6. The number of nitrogens with zero attached hydrogens (tertiary/aromatic N) is 1. The summed E-state index contributed by atoms with van der Waals surface area (Å²) in [6, 6.07) is 9.20. The van der Waals surface area contributed by atoms with Crippen LogP contribution in [-0.2, 0) is 43.2 Å². The highest BCUT2D eigenvalue weighted by atomic mass is 32.2. The maximum Gasteiger partial charge on any atom is 0.201 e. The van der Waals surface area contributed by atoms with E-state index < -0.39 is 45.6 Å². The van der Waals surface area contributed by atoms with Crippen molar-refractivity contribution in [3.05, 3.63) is 65.1 Å². The molecular formula is C21H18N2O8S3-2. The Morgan fingerprint density at radius 2 is 1.53 bits per heavy atom. The molecular weight excluding hydrogens is 504 g/mol. The number of nitrogens with two attached hydrogens (primary N) is 1. The summed E-state index contributed by atoms with van der Waals surface area (Å²) in [5.74, 6) is 0. The second kappa shape index (κ2) is 7.78. The Labute approximate surface area is 196 Å². The van der Waals surface area contributed by atoms with E-state index in [9.17, 15) is 34.4 Å². The number of anilines is 2. The third-order valence-corrected chi connectivity index (χ3v) is 9.09. The number of nitrogen functional groups attached to an aromatic ring is 1. The largest absolute Gasteiger partial charge is 0.744 e. The summed E-state index contributed by atoms with van der Waals surface area (Å²) >= 11 is 0. The Bertz CT molecular complexity index is 1700. The fourth-order valence-corrected chi connectivity index (χ4v) is 6.15. The van der Waals surface area contributed by atoms with Crippen LogP contribution in [0, 0.1) is 0 Å². The standard InChI is InChI=1S/C21H20N2O8S3/c1-12(2)32(24,25)16-5-3-4-15(8-16)23-10-13-6-17(33(26,27)28)9-18-20(13)14(11-23)7-19(21(18)22)34(29,30)31/h3-9H,1,10-11,22H2,2H3,(H,26,27,28)(H,29,30,31)/p-2. The Kier molecular flexibility index (Phi) is 5.53. The average Bonchev–Trinajstić information content (AvgIpc) is 2.74. The fourth-order valence-electron chi connectivity index (χ4n) is 4.00. The first kappa shape index (κ1) is 24.2. The molecule has 13 heteroatoms. The second-order valence-electron chi connectivity index (χ2n) is 7.92. The van der Waals surface area contributed by atoms with E-state index in [0.29, 0.717) is 22.2 Å². The zero-order valence-electron chi connectivity index (χ0n) is 17.7. The smallest absolute Gasteiger partial charge is 0.201 e. The van der Waals surface area contributed by atoms with Gasteiger partial charge < -0.3 is 19.7 Å². The molecule has 0 saturated heterocycles. The highest BCUT2D eigenvalue weighted by molar-refractivity contribution is 7.95. The SMILES string of the molecule is C=C(C)S(=O)(=O)c1cccc(N2Cc3cc(S(=O)(=O)[O-])cc4c(N)c(S(=O)(=O)[O-])cc(c34)C2)c1. The number of hydrogen-bond donors (Lipinski definition) is 1. The van der Waals surface area contributed by atoms with E-state index in [4.69, 9.17) is 5.73 Å². The van der Waals surface area contributed by atoms with Gasteiger partial charge in [0.2, 0.25) is 9.84 Å². The number of rotatable bonds is 5. The molecule has 0 bridgehead atoms. The van der Waals surface area contributed by atoms with E-state index in [1.807, 2.05) is 0 Å². The Morgan fingerprint density at radius 3 is 2.09 bits per heavy atom. The van der Waals surface area contributed by atoms with Gasteiger partial charge in [-0.15, -0.1) is 0 Å². The first-order valence-electron chi connectivity index (χ1n) is 9.66. The lowest BCUT2D eigenvalue weighted by molar-refractivity contribution is 0.461. The van der Waals surface area contributed by atoms with E-state index in [2.05, 4.69) is 6.58 Å². The van der Waals surface area contributed by atoms with Gasteiger partial charge in [0.1, 0.15) is 20.2 Å². The van der Waals surface area contributed by atoms with Crippen molar-refractivity contribution >= 4 is 52.2 Å². The molecule has 0 saturated carbocycles. The summed E-state index contributed by atoms with van der Waals surface area (Å²) in [7, 11) is -13.7. The van der Waals surface area contributed by atoms with Gasteiger partial charge in [0.15, 0.2) is 0 Å². The third kappa shape index (κ3) is 4.05. The van der Waals surface area contributed by atoms with Crippen LogP contribution >= 0.6 is 0 Å². The molecule has 0 unspecified atom stereocenters. The van der Waals surface area contributed by atoms with Crippen molar-refractivity contribution in [2.45, 2.75) is 34.7 Å². The fraction of sp³-hybridized carbons (Fsp3) is 0.143. The molecule has 0 radical (unpaired) electrons. The van der Waals surface area contributed by atoms with Crippen molar-refractivity contribution in [1.82, 2.24) is 0 Å². The maximum absolute atomic E-state index is 12.5. The Morgan fingerprint density at radius 1 is 0.912 bits per heavy atom. The summed E-state index contributed by atoms with van der Waals surface area (Å²) < 4.78 is 95.8. The number of allylic oxidation sites excluding steroid dienone is 1. The summed E-state index contributed by atoms with van der Waals surface area (Å²) in [5.41, 5.74) is 6.60. The van der Waals surface area contributed by atoms with Crippen molar-refractivity contribution in [3.8, 4) is 0 Å². The zero-order valence-corrected chi connectivity index (χ0v) is 20.1. The molecule has 10 nitrogen and oxygen atoms in total. The van der Waals surface area contributed by atoms with Crippen LogP contribution in [0.1, 0.15) is 18.1 Å². The Balaban J connectivity index is 1.97. The van der Waals surface area contributed by atoms with Crippen molar-refractivity contribution in [2.24, 2.45) is 0 Å². The van der Waals surface area contributed by atoms with Gasteiger partial charge in [0.05, 0.1) is 20.4 Å². The van der Waals surface area contributed by atoms with E-state index in [1.54, 1.807) is 11.0 Å². The number of hydrogen-bond acceptors (Lipinski definition) is 10. The average molecular weight is 523 g/mol. The van der Waals surface area contributed by atoms with Crippen LogP contribution in [0.2, 0.25) is 0 Å². The minimum Gasteiger partial charge on any atom is -0.744 e. The van der Waals surface area contributed by atoms with Gasteiger partial charge in [-0.25, -0.2) is 25.3 Å². The van der Waals surface area contributed by atoms with E-state index >= 15 is 0 Å². The monoisotopic (exact) mass is 522 g/mol. The van der Waals surface area contributed by atoms with Crippen molar-refractivity contribution in [3.63, 3.8) is 0 Å². The van der Waals surface area contributed by atoms with Crippen LogP contribution in [-0.4, -0.2) is 34.4 Å². The minimum absolute atomic E-state index is 0.00976. The molecule has 3 aromatic carbocycles. The minimum atomic E-state index is -5.02. The second-order valence-corrected chi connectivity index (χ2v) is 12.8. The molecule has 1 aliphatic rings. The molecule has 34 heavy (non-hydrogen) atoms. The van der Waals surface area contributed by atoms with Crippen LogP contribution < -0.4 is 10.6 Å². The van der Waals surface area contributed by atoms with Crippen molar-refractivity contribution in [2.75, 3.05) is 10.6 Å². The normalized spacial score (nSPS) is 14.4. The molecule has 0 fully saturated rings. The zero-order chi connectivity index (χ0) is 25.2. The topological polar surface area (TPSA) is 178 Å². The summed E-state index contributed by atoms with van der Waals surface area (Å²) in [4.78, 5) is 0.233. The molecule has 0 aromatic heterocycles. The van der Waals surface area contributed by atoms with Crippen molar-refractivity contribution < 1.29 is 34.4 Å². The van der Waals surface area contributed by atoms with E-state index in [-0.39, 0.29) is 28.3 Å². The van der Waals surface area contributed by atoms with E-state index in [1.165, 1.54) is 31.2 Å². The van der Waals surface area contributed by atoms with Gasteiger partial charge in [-0.05, 0) is 59.8 Å². The highest BCUT2D eigenvalue weighted by Gasteiger charge is 2.26. The van der Waals surface area contributed by atoms with E-state index in [0.717, 1.165) is 12.1 Å². The van der Waals surface area contributed by atoms with Crippen LogP contribution in [0.25, 0.3) is 10.8 Å². The highest BCUT2D eigenvalue weighted by Crippen LogP contribution is 2.40. The predicted octanol–water partition coefficient (Wildman–Crippen LogP) is 2.06. The molecule has 3 aromatic rings. The molecule has 180 valence electrons. The molecule has 0 spiro atoms. The molecule has 4 rings (SSSR count). The van der Waals surface area contributed by atoms with Gasteiger partial charge in [-0.3, -0.25) is 0 Å². The lowest BCUT2D eigenvalue weighted by Crippen LogP contribution is -2.27. The van der Waals surface area contributed by atoms with Crippen LogP contribution in [0.5, 0.6) is 0 Å². The molecule has 0 atom stereocenters. The third-order valence-electron chi connectivity index (χ3n) is 5.61. The summed E-state index contributed by atoms with van der Waals surface area (Å²) in [6.07, 6.45) is 0. The van der Waals surface area contributed by atoms with Gasteiger partial charge in [0, 0.05) is 29.1 Å². The molecule has 0 amide bonds. The molecule has 0 aliphatic carbocycles.